The van der Waals surface area contributed by atoms with E-state index in [1.165, 1.54) is 0 Å². The topological polar surface area (TPSA) is 95.6 Å². The highest BCUT2D eigenvalue weighted by molar-refractivity contribution is 5.85. The SMILES string of the molecule is COCCn1nc(C)c(Nc2ncnc3c2nnn3C2CC2)c1C. The van der Waals surface area contributed by atoms with Gasteiger partial charge in [0.2, 0.25) is 0 Å². The van der Waals surface area contributed by atoms with Crippen molar-refractivity contribution < 1.29 is 4.74 Å². The zero-order valence-electron chi connectivity index (χ0n) is 14.0. The number of nitrogens with one attached hydrogen (secondary N) is 1. The van der Waals surface area contributed by atoms with Gasteiger partial charge in [0.05, 0.1) is 36.3 Å². The molecule has 0 spiro atoms. The summed E-state index contributed by atoms with van der Waals surface area (Å²) in [6.07, 6.45) is 3.82. The van der Waals surface area contributed by atoms with E-state index < -0.39 is 0 Å². The Labute approximate surface area is 139 Å². The van der Waals surface area contributed by atoms with Crippen LogP contribution in [0.25, 0.3) is 11.2 Å². The highest BCUT2D eigenvalue weighted by Gasteiger charge is 2.28. The number of rotatable bonds is 6. The molecule has 126 valence electrons. The lowest BCUT2D eigenvalue weighted by Crippen LogP contribution is -2.08. The molecule has 0 aromatic carbocycles. The van der Waals surface area contributed by atoms with Crippen LogP contribution in [0.4, 0.5) is 11.5 Å². The highest BCUT2D eigenvalue weighted by Crippen LogP contribution is 2.36. The third-order valence-corrected chi connectivity index (χ3v) is 4.29. The van der Waals surface area contributed by atoms with Crippen molar-refractivity contribution in [2.45, 2.75) is 39.3 Å². The molecule has 3 aromatic rings. The summed E-state index contributed by atoms with van der Waals surface area (Å²) in [6, 6.07) is 0.429. The second kappa shape index (κ2) is 5.82. The van der Waals surface area contributed by atoms with E-state index in [9.17, 15) is 0 Å². The molecular weight excluding hydrogens is 308 g/mol. The van der Waals surface area contributed by atoms with Gasteiger partial charge in [0.1, 0.15) is 6.33 Å². The van der Waals surface area contributed by atoms with Crippen LogP contribution < -0.4 is 5.32 Å². The fraction of sp³-hybridized carbons (Fsp3) is 0.533. The zero-order valence-corrected chi connectivity index (χ0v) is 14.0. The van der Waals surface area contributed by atoms with Crippen LogP contribution in [-0.2, 0) is 11.3 Å². The molecule has 1 N–H and O–H groups in total. The number of hydrogen-bond donors (Lipinski definition) is 1. The van der Waals surface area contributed by atoms with Gasteiger partial charge in [-0.1, -0.05) is 5.21 Å². The maximum absolute atomic E-state index is 5.13. The Hall–Kier alpha value is -2.55. The molecule has 24 heavy (non-hydrogen) atoms. The standard InChI is InChI=1S/C15H20N8O/c1-9-12(10(2)22(20-9)6-7-24-3)18-14-13-15(17-8-16-14)23(21-19-13)11-4-5-11/h8,11H,4-7H2,1-3H3,(H,16,17,18). The third kappa shape index (κ3) is 2.50. The lowest BCUT2D eigenvalue weighted by Gasteiger charge is -2.07. The molecule has 1 saturated carbocycles. The van der Waals surface area contributed by atoms with Crippen molar-refractivity contribution in [1.82, 2.24) is 34.7 Å². The first-order valence-electron chi connectivity index (χ1n) is 8.05. The molecule has 0 aliphatic heterocycles. The Kier molecular flexibility index (Phi) is 3.64. The fourth-order valence-electron chi connectivity index (χ4n) is 2.81. The van der Waals surface area contributed by atoms with E-state index in [2.05, 4.69) is 30.7 Å². The van der Waals surface area contributed by atoms with E-state index in [-0.39, 0.29) is 0 Å². The largest absolute Gasteiger partial charge is 0.383 e. The van der Waals surface area contributed by atoms with Crippen LogP contribution in [0.15, 0.2) is 6.33 Å². The number of anilines is 2. The average Bonchev–Trinajstić information content (AvgIpc) is 3.28. The number of aryl methyl sites for hydroxylation is 1. The van der Waals surface area contributed by atoms with Gasteiger partial charge in [0.15, 0.2) is 17.0 Å². The third-order valence-electron chi connectivity index (χ3n) is 4.29. The summed E-state index contributed by atoms with van der Waals surface area (Å²) in [5.41, 5.74) is 4.34. The van der Waals surface area contributed by atoms with Crippen LogP contribution >= 0.6 is 0 Å². The van der Waals surface area contributed by atoms with E-state index in [0.717, 1.165) is 35.6 Å². The molecule has 0 amide bonds. The Balaban J connectivity index is 1.68. The average molecular weight is 328 g/mol. The van der Waals surface area contributed by atoms with Crippen molar-refractivity contribution in [3.8, 4) is 0 Å². The summed E-state index contributed by atoms with van der Waals surface area (Å²) in [5, 5.41) is 16.4. The summed E-state index contributed by atoms with van der Waals surface area (Å²) in [7, 11) is 1.69. The number of ether oxygens (including phenoxy) is 1. The molecular formula is C15H20N8O. The summed E-state index contributed by atoms with van der Waals surface area (Å²) in [5.74, 6) is 0.657. The number of methoxy groups -OCH3 is 1. The van der Waals surface area contributed by atoms with Crippen LogP contribution in [-0.4, -0.2) is 48.5 Å². The number of hydrogen-bond acceptors (Lipinski definition) is 7. The van der Waals surface area contributed by atoms with Crippen LogP contribution in [0.3, 0.4) is 0 Å². The van der Waals surface area contributed by atoms with Crippen molar-refractivity contribution in [1.29, 1.82) is 0 Å². The van der Waals surface area contributed by atoms with Gasteiger partial charge in [0.25, 0.3) is 0 Å². The Morgan fingerprint density at radius 3 is 2.88 bits per heavy atom. The smallest absolute Gasteiger partial charge is 0.184 e. The van der Waals surface area contributed by atoms with Crippen molar-refractivity contribution in [2.75, 3.05) is 19.0 Å². The normalized spacial score (nSPS) is 14.5. The predicted molar refractivity (Wildman–Crippen MR) is 88.2 cm³/mol. The molecule has 4 rings (SSSR count). The minimum atomic E-state index is 0.429. The van der Waals surface area contributed by atoms with Gasteiger partial charge in [-0.25, -0.2) is 14.6 Å². The number of fused-ring (bicyclic) bond motifs is 1. The van der Waals surface area contributed by atoms with E-state index in [0.29, 0.717) is 30.5 Å². The Bertz CT molecular complexity index is 879. The molecule has 0 unspecified atom stereocenters. The van der Waals surface area contributed by atoms with Crippen molar-refractivity contribution in [3.05, 3.63) is 17.7 Å². The van der Waals surface area contributed by atoms with Crippen LogP contribution in [0.5, 0.6) is 0 Å². The summed E-state index contributed by atoms with van der Waals surface area (Å²) in [4.78, 5) is 8.69. The Morgan fingerprint density at radius 1 is 1.29 bits per heavy atom. The molecule has 1 aliphatic carbocycles. The molecule has 9 heteroatoms. The lowest BCUT2D eigenvalue weighted by atomic mass is 10.3. The monoisotopic (exact) mass is 328 g/mol. The van der Waals surface area contributed by atoms with Crippen LogP contribution in [0, 0.1) is 13.8 Å². The van der Waals surface area contributed by atoms with Crippen LogP contribution in [0.2, 0.25) is 0 Å². The Morgan fingerprint density at radius 2 is 2.12 bits per heavy atom. The van der Waals surface area contributed by atoms with Crippen molar-refractivity contribution in [3.63, 3.8) is 0 Å². The quantitative estimate of drug-likeness (QED) is 0.736. The first kappa shape index (κ1) is 15.0. The lowest BCUT2D eigenvalue weighted by molar-refractivity contribution is 0.182. The summed E-state index contributed by atoms with van der Waals surface area (Å²) in [6.45, 7) is 5.33. The summed E-state index contributed by atoms with van der Waals surface area (Å²) >= 11 is 0. The zero-order chi connectivity index (χ0) is 16.7. The fourth-order valence-corrected chi connectivity index (χ4v) is 2.81. The van der Waals surface area contributed by atoms with E-state index in [1.807, 2.05) is 23.2 Å². The van der Waals surface area contributed by atoms with Gasteiger partial charge in [-0.05, 0) is 26.7 Å². The van der Waals surface area contributed by atoms with Gasteiger partial charge in [0, 0.05) is 7.11 Å². The van der Waals surface area contributed by atoms with Gasteiger partial charge in [-0.2, -0.15) is 5.10 Å². The highest BCUT2D eigenvalue weighted by atomic mass is 16.5. The van der Waals surface area contributed by atoms with Gasteiger partial charge in [-0.15, -0.1) is 5.10 Å². The van der Waals surface area contributed by atoms with Crippen molar-refractivity contribution >= 4 is 22.7 Å². The molecule has 0 atom stereocenters. The minimum absolute atomic E-state index is 0.429. The summed E-state index contributed by atoms with van der Waals surface area (Å²) < 4.78 is 8.96. The molecule has 0 radical (unpaired) electrons. The number of aromatic nitrogens is 7. The molecule has 1 fully saturated rings. The second-order valence-electron chi connectivity index (χ2n) is 6.05. The first-order chi connectivity index (χ1) is 11.7. The maximum atomic E-state index is 5.13. The van der Waals surface area contributed by atoms with Crippen molar-refractivity contribution in [2.24, 2.45) is 0 Å². The molecule has 3 aromatic heterocycles. The van der Waals surface area contributed by atoms with Gasteiger partial charge in [-0.3, -0.25) is 4.68 Å². The van der Waals surface area contributed by atoms with E-state index in [1.54, 1.807) is 13.4 Å². The molecule has 3 heterocycles. The number of nitrogens with zero attached hydrogens (tertiary/aromatic N) is 7. The van der Waals surface area contributed by atoms with Gasteiger partial charge >= 0.3 is 0 Å². The molecule has 1 aliphatic rings. The molecule has 0 saturated heterocycles. The van der Waals surface area contributed by atoms with Crippen LogP contribution in [0.1, 0.15) is 30.3 Å². The maximum Gasteiger partial charge on any atom is 0.184 e. The second-order valence-corrected chi connectivity index (χ2v) is 6.05. The molecule has 0 bridgehead atoms. The van der Waals surface area contributed by atoms with E-state index in [4.69, 9.17) is 4.74 Å². The van der Waals surface area contributed by atoms with Gasteiger partial charge < -0.3 is 10.1 Å². The minimum Gasteiger partial charge on any atom is -0.383 e. The predicted octanol–water partition coefficient (Wildman–Crippen LogP) is 1.76. The molecule has 9 nitrogen and oxygen atoms in total. The van der Waals surface area contributed by atoms with E-state index >= 15 is 0 Å². The first-order valence-corrected chi connectivity index (χ1v) is 8.05.